The highest BCUT2D eigenvalue weighted by molar-refractivity contribution is 9.10. The molecule has 3 nitrogen and oxygen atoms in total. The molecule has 0 aliphatic heterocycles. The Morgan fingerprint density at radius 1 is 1.47 bits per heavy atom. The highest BCUT2D eigenvalue weighted by Gasteiger charge is 2.17. The predicted octanol–water partition coefficient (Wildman–Crippen LogP) is 4.19. The van der Waals surface area contributed by atoms with E-state index in [0.29, 0.717) is 28.1 Å². The molecule has 0 aliphatic carbocycles. The van der Waals surface area contributed by atoms with Crippen LogP contribution in [0.4, 0.5) is 10.2 Å². The monoisotopic (exact) mass is 335 g/mol. The lowest BCUT2D eigenvalue weighted by Gasteiger charge is -2.05. The lowest BCUT2D eigenvalue weighted by Crippen LogP contribution is -1.99. The molecular formula is C10H8BrClFN3S. The second kappa shape index (κ2) is 5.29. The van der Waals surface area contributed by atoms with Gasteiger partial charge in [-0.1, -0.05) is 11.6 Å². The minimum Gasteiger partial charge on any atom is -0.368 e. The van der Waals surface area contributed by atoms with E-state index in [1.165, 1.54) is 0 Å². The van der Waals surface area contributed by atoms with Gasteiger partial charge in [0.2, 0.25) is 0 Å². The topological polar surface area (TPSA) is 37.8 Å². The van der Waals surface area contributed by atoms with Crippen LogP contribution in [-0.2, 0) is 0 Å². The van der Waals surface area contributed by atoms with Crippen molar-refractivity contribution in [1.29, 1.82) is 0 Å². The SMILES string of the molecule is CCNc1nsnc1-c1ccc(Br)c(Cl)c1F. The summed E-state index contributed by atoms with van der Waals surface area (Å²) in [7, 11) is 0. The molecule has 2 aromatic rings. The van der Waals surface area contributed by atoms with E-state index in [1.54, 1.807) is 12.1 Å². The van der Waals surface area contributed by atoms with Crippen molar-refractivity contribution in [3.8, 4) is 11.3 Å². The fourth-order valence-electron chi connectivity index (χ4n) is 1.36. The van der Waals surface area contributed by atoms with Crippen LogP contribution < -0.4 is 5.32 Å². The van der Waals surface area contributed by atoms with E-state index in [1.807, 2.05) is 6.92 Å². The minimum absolute atomic E-state index is 0.0537. The summed E-state index contributed by atoms with van der Waals surface area (Å²) >= 11 is 10.0. The largest absolute Gasteiger partial charge is 0.368 e. The third-order valence-electron chi connectivity index (χ3n) is 2.12. The van der Waals surface area contributed by atoms with Crippen molar-refractivity contribution in [2.45, 2.75) is 6.92 Å². The summed E-state index contributed by atoms with van der Waals surface area (Å²) in [4.78, 5) is 0. The first kappa shape index (κ1) is 12.7. The second-order valence-electron chi connectivity index (χ2n) is 3.21. The minimum atomic E-state index is -0.493. The Hall–Kier alpha value is -0.720. The summed E-state index contributed by atoms with van der Waals surface area (Å²) in [6.45, 7) is 2.64. The van der Waals surface area contributed by atoms with E-state index in [2.05, 4.69) is 30.0 Å². The number of rotatable bonds is 3. The molecule has 0 unspecified atom stereocenters. The van der Waals surface area contributed by atoms with Crippen LogP contribution in [-0.4, -0.2) is 15.3 Å². The number of anilines is 1. The highest BCUT2D eigenvalue weighted by atomic mass is 79.9. The van der Waals surface area contributed by atoms with Gasteiger partial charge in [0.05, 0.1) is 16.8 Å². The first-order valence-corrected chi connectivity index (χ1v) is 6.75. The fourth-order valence-corrected chi connectivity index (χ4v) is 2.37. The summed E-state index contributed by atoms with van der Waals surface area (Å²) in [6, 6.07) is 3.32. The molecule has 2 rings (SSSR count). The third kappa shape index (κ3) is 2.43. The summed E-state index contributed by atoms with van der Waals surface area (Å²) < 4.78 is 22.7. The van der Waals surface area contributed by atoms with Crippen molar-refractivity contribution in [3.05, 3.63) is 27.4 Å². The Balaban J connectivity index is 2.53. The standard InChI is InChI=1S/C10H8BrClFN3S/c1-2-14-10-9(15-17-16-10)5-3-4-6(11)7(12)8(5)13/h3-4H,2H2,1H3,(H,14,16). The number of nitrogens with one attached hydrogen (secondary N) is 1. The highest BCUT2D eigenvalue weighted by Crippen LogP contribution is 2.35. The maximum atomic E-state index is 14.0. The number of hydrogen-bond donors (Lipinski definition) is 1. The van der Waals surface area contributed by atoms with Crippen LogP contribution in [0.25, 0.3) is 11.3 Å². The van der Waals surface area contributed by atoms with Gasteiger partial charge in [0.25, 0.3) is 0 Å². The van der Waals surface area contributed by atoms with E-state index in [9.17, 15) is 4.39 Å². The molecule has 0 radical (unpaired) electrons. The van der Waals surface area contributed by atoms with Crippen molar-refractivity contribution in [2.24, 2.45) is 0 Å². The lowest BCUT2D eigenvalue weighted by molar-refractivity contribution is 0.630. The molecule has 90 valence electrons. The van der Waals surface area contributed by atoms with Crippen molar-refractivity contribution < 1.29 is 4.39 Å². The molecule has 1 N–H and O–H groups in total. The molecule has 17 heavy (non-hydrogen) atoms. The molecule has 1 aromatic heterocycles. The maximum absolute atomic E-state index is 14.0. The number of halogens is 3. The maximum Gasteiger partial charge on any atom is 0.168 e. The Labute approximate surface area is 115 Å². The Bertz CT molecular complexity index is 546. The van der Waals surface area contributed by atoms with Gasteiger partial charge in [-0.05, 0) is 35.0 Å². The molecule has 0 saturated carbocycles. The summed E-state index contributed by atoms with van der Waals surface area (Å²) in [5.74, 6) is 0.0858. The van der Waals surface area contributed by atoms with Crippen molar-refractivity contribution in [2.75, 3.05) is 11.9 Å². The molecule has 0 fully saturated rings. The summed E-state index contributed by atoms with van der Waals surface area (Å²) in [6.07, 6.45) is 0. The van der Waals surface area contributed by atoms with Crippen LogP contribution in [0.2, 0.25) is 5.02 Å². The van der Waals surface area contributed by atoms with Gasteiger partial charge < -0.3 is 5.32 Å². The number of aromatic nitrogens is 2. The van der Waals surface area contributed by atoms with Crippen molar-refractivity contribution >= 4 is 45.1 Å². The zero-order chi connectivity index (χ0) is 12.4. The van der Waals surface area contributed by atoms with Gasteiger partial charge in [-0.25, -0.2) is 4.39 Å². The average Bonchev–Trinajstić information content (AvgIpc) is 2.75. The fraction of sp³-hybridized carbons (Fsp3) is 0.200. The van der Waals surface area contributed by atoms with Gasteiger partial charge in [0, 0.05) is 16.6 Å². The van der Waals surface area contributed by atoms with Crippen LogP contribution in [0.15, 0.2) is 16.6 Å². The predicted molar refractivity (Wildman–Crippen MR) is 72.2 cm³/mol. The van der Waals surface area contributed by atoms with Gasteiger partial charge >= 0.3 is 0 Å². The third-order valence-corrected chi connectivity index (χ3v) is 3.91. The van der Waals surface area contributed by atoms with Crippen LogP contribution in [0.5, 0.6) is 0 Å². The van der Waals surface area contributed by atoms with Crippen LogP contribution >= 0.6 is 39.3 Å². The first-order valence-electron chi connectivity index (χ1n) is 4.85. The van der Waals surface area contributed by atoms with Gasteiger partial charge in [-0.2, -0.15) is 8.75 Å². The molecule has 0 atom stereocenters. The van der Waals surface area contributed by atoms with E-state index in [4.69, 9.17) is 11.6 Å². The molecule has 7 heteroatoms. The molecule has 0 spiro atoms. The zero-order valence-corrected chi connectivity index (χ0v) is 12.0. The normalized spacial score (nSPS) is 10.6. The van der Waals surface area contributed by atoms with Crippen LogP contribution in [0.1, 0.15) is 6.92 Å². The Morgan fingerprint density at radius 3 is 2.94 bits per heavy atom. The van der Waals surface area contributed by atoms with Gasteiger partial charge in [0.1, 0.15) is 5.69 Å². The molecule has 0 amide bonds. The smallest absolute Gasteiger partial charge is 0.168 e. The second-order valence-corrected chi connectivity index (χ2v) is 4.98. The summed E-state index contributed by atoms with van der Waals surface area (Å²) in [5, 5.41) is 3.08. The van der Waals surface area contributed by atoms with Crippen molar-refractivity contribution in [3.63, 3.8) is 0 Å². The number of benzene rings is 1. The number of hydrogen-bond acceptors (Lipinski definition) is 4. The van der Waals surface area contributed by atoms with Crippen molar-refractivity contribution in [1.82, 2.24) is 8.75 Å². The van der Waals surface area contributed by atoms with Gasteiger partial charge in [0.15, 0.2) is 11.6 Å². The van der Waals surface area contributed by atoms with E-state index < -0.39 is 5.82 Å². The molecular weight excluding hydrogens is 329 g/mol. The lowest BCUT2D eigenvalue weighted by atomic mass is 10.1. The van der Waals surface area contributed by atoms with E-state index >= 15 is 0 Å². The van der Waals surface area contributed by atoms with Crippen LogP contribution in [0, 0.1) is 5.82 Å². The molecule has 1 heterocycles. The van der Waals surface area contributed by atoms with Crippen LogP contribution in [0.3, 0.4) is 0 Å². The Kier molecular flexibility index (Phi) is 3.96. The van der Waals surface area contributed by atoms with E-state index in [-0.39, 0.29) is 5.02 Å². The molecule has 1 aromatic carbocycles. The summed E-state index contributed by atoms with van der Waals surface area (Å²) in [5.41, 5.74) is 0.839. The van der Waals surface area contributed by atoms with E-state index in [0.717, 1.165) is 11.7 Å². The first-order chi connectivity index (χ1) is 8.15. The molecule has 0 saturated heterocycles. The Morgan fingerprint density at radius 2 is 2.24 bits per heavy atom. The quantitative estimate of drug-likeness (QED) is 0.854. The molecule has 0 bridgehead atoms. The van der Waals surface area contributed by atoms with Gasteiger partial charge in [-0.3, -0.25) is 0 Å². The zero-order valence-electron chi connectivity index (χ0n) is 8.80. The molecule has 0 aliphatic rings. The van der Waals surface area contributed by atoms with Gasteiger partial charge in [-0.15, -0.1) is 0 Å². The average molecular weight is 337 g/mol. The number of nitrogens with zero attached hydrogens (tertiary/aromatic N) is 2.